The standard InChI is InChI=1S/C20H34/c1-15-7-8-17-19(4,13-9-15)14-10-16-18(2,3)11-6-12-20(16,17)5/h7,16-17H,6,8-14H2,1-5H3/t16?,17-,19+,20-/m0/s1. The van der Waals surface area contributed by atoms with Crippen molar-refractivity contribution in [1.29, 1.82) is 0 Å². The molecule has 0 heterocycles. The van der Waals surface area contributed by atoms with Gasteiger partial charge in [-0.2, -0.15) is 0 Å². The van der Waals surface area contributed by atoms with Crippen molar-refractivity contribution in [2.45, 2.75) is 86.0 Å². The molecule has 114 valence electrons. The van der Waals surface area contributed by atoms with Crippen molar-refractivity contribution in [1.82, 2.24) is 0 Å². The Labute approximate surface area is 126 Å². The number of hydrogen-bond donors (Lipinski definition) is 0. The molecule has 0 aromatic carbocycles. The molecular weight excluding hydrogens is 240 g/mol. The second kappa shape index (κ2) is 4.62. The molecule has 0 bridgehead atoms. The molecule has 1 unspecified atom stereocenters. The number of fused-ring (bicyclic) bond motifs is 3. The molecule has 0 aromatic rings. The summed E-state index contributed by atoms with van der Waals surface area (Å²) in [5, 5.41) is 0. The Hall–Kier alpha value is -0.260. The van der Waals surface area contributed by atoms with E-state index in [4.69, 9.17) is 0 Å². The summed E-state index contributed by atoms with van der Waals surface area (Å²) in [7, 11) is 0. The molecule has 20 heavy (non-hydrogen) atoms. The first-order valence-corrected chi connectivity index (χ1v) is 8.94. The Morgan fingerprint density at radius 1 is 0.950 bits per heavy atom. The van der Waals surface area contributed by atoms with E-state index >= 15 is 0 Å². The third kappa shape index (κ3) is 2.09. The van der Waals surface area contributed by atoms with Gasteiger partial charge in [0.05, 0.1) is 0 Å². The largest absolute Gasteiger partial charge is 0.0853 e. The first kappa shape index (κ1) is 14.7. The van der Waals surface area contributed by atoms with E-state index in [1.807, 2.05) is 0 Å². The molecule has 0 aliphatic heterocycles. The van der Waals surface area contributed by atoms with E-state index in [0.29, 0.717) is 16.2 Å². The minimum absolute atomic E-state index is 0.569. The Morgan fingerprint density at radius 2 is 1.70 bits per heavy atom. The van der Waals surface area contributed by atoms with Gasteiger partial charge in [-0.15, -0.1) is 0 Å². The van der Waals surface area contributed by atoms with E-state index in [0.717, 1.165) is 11.8 Å². The zero-order valence-corrected chi connectivity index (χ0v) is 14.4. The first-order chi connectivity index (χ1) is 9.28. The number of hydrogen-bond acceptors (Lipinski definition) is 0. The lowest BCUT2D eigenvalue weighted by Crippen LogP contribution is -2.54. The number of rotatable bonds is 0. The van der Waals surface area contributed by atoms with Gasteiger partial charge in [-0.1, -0.05) is 45.8 Å². The van der Waals surface area contributed by atoms with Crippen molar-refractivity contribution in [3.63, 3.8) is 0 Å². The van der Waals surface area contributed by atoms with Gasteiger partial charge >= 0.3 is 0 Å². The van der Waals surface area contributed by atoms with Gasteiger partial charge in [0.15, 0.2) is 0 Å². The molecule has 0 saturated heterocycles. The zero-order valence-electron chi connectivity index (χ0n) is 14.4. The summed E-state index contributed by atoms with van der Waals surface area (Å²) in [4.78, 5) is 0. The smallest absolute Gasteiger partial charge is 0.0256 e. The molecule has 2 saturated carbocycles. The second-order valence-corrected chi connectivity index (χ2v) is 9.43. The normalized spacial score (nSPS) is 47.8. The van der Waals surface area contributed by atoms with Crippen LogP contribution in [0, 0.1) is 28.1 Å². The maximum absolute atomic E-state index is 2.66. The minimum atomic E-state index is 0.569. The molecule has 0 amide bonds. The lowest BCUT2D eigenvalue weighted by molar-refractivity contribution is -0.128. The molecule has 4 atom stereocenters. The van der Waals surface area contributed by atoms with Gasteiger partial charge in [0.1, 0.15) is 0 Å². The Balaban J connectivity index is 1.99. The molecule has 0 N–H and O–H groups in total. The average molecular weight is 274 g/mol. The van der Waals surface area contributed by atoms with Crippen LogP contribution in [-0.4, -0.2) is 0 Å². The molecule has 3 aliphatic carbocycles. The van der Waals surface area contributed by atoms with Crippen LogP contribution in [0.15, 0.2) is 11.6 Å². The van der Waals surface area contributed by atoms with Crippen LogP contribution < -0.4 is 0 Å². The van der Waals surface area contributed by atoms with Crippen LogP contribution in [0.3, 0.4) is 0 Å². The van der Waals surface area contributed by atoms with E-state index < -0.39 is 0 Å². The van der Waals surface area contributed by atoms with Gasteiger partial charge in [-0.3, -0.25) is 0 Å². The van der Waals surface area contributed by atoms with Crippen molar-refractivity contribution < 1.29 is 0 Å². The Morgan fingerprint density at radius 3 is 2.45 bits per heavy atom. The summed E-state index contributed by atoms with van der Waals surface area (Å²) in [6.07, 6.45) is 14.1. The van der Waals surface area contributed by atoms with Crippen molar-refractivity contribution in [2.75, 3.05) is 0 Å². The second-order valence-electron chi connectivity index (χ2n) is 9.43. The third-order valence-electron chi connectivity index (χ3n) is 7.71. The Bertz CT molecular complexity index is 416. The van der Waals surface area contributed by atoms with Crippen LogP contribution in [-0.2, 0) is 0 Å². The van der Waals surface area contributed by atoms with E-state index in [1.165, 1.54) is 51.4 Å². The van der Waals surface area contributed by atoms with Crippen molar-refractivity contribution in [3.05, 3.63) is 11.6 Å². The zero-order chi connectivity index (χ0) is 14.6. The molecule has 0 heteroatoms. The molecule has 0 nitrogen and oxygen atoms in total. The van der Waals surface area contributed by atoms with Gasteiger partial charge in [-0.25, -0.2) is 0 Å². The van der Waals surface area contributed by atoms with Crippen molar-refractivity contribution >= 4 is 0 Å². The first-order valence-electron chi connectivity index (χ1n) is 8.94. The monoisotopic (exact) mass is 274 g/mol. The molecule has 3 aliphatic rings. The van der Waals surface area contributed by atoms with Crippen LogP contribution >= 0.6 is 0 Å². The van der Waals surface area contributed by atoms with Crippen molar-refractivity contribution in [3.8, 4) is 0 Å². The van der Waals surface area contributed by atoms with Crippen LogP contribution in [0.4, 0.5) is 0 Å². The fourth-order valence-corrected chi connectivity index (χ4v) is 6.50. The van der Waals surface area contributed by atoms with Crippen LogP contribution in [0.25, 0.3) is 0 Å². The van der Waals surface area contributed by atoms with Crippen molar-refractivity contribution in [2.24, 2.45) is 28.1 Å². The molecule has 0 radical (unpaired) electrons. The van der Waals surface area contributed by atoms with Crippen LogP contribution in [0.2, 0.25) is 0 Å². The average Bonchev–Trinajstić information content (AvgIpc) is 2.49. The Kier molecular flexibility index (Phi) is 3.39. The van der Waals surface area contributed by atoms with Gasteiger partial charge in [0.2, 0.25) is 0 Å². The predicted octanol–water partition coefficient (Wildman–Crippen LogP) is 6.37. The SMILES string of the molecule is CC1=CC[C@H]2[C@](C)(CC1)CCC1C(C)(C)CCC[C@@]12C. The fraction of sp³-hybridized carbons (Fsp3) is 0.900. The molecular formula is C20H34. The topological polar surface area (TPSA) is 0 Å². The van der Waals surface area contributed by atoms with Gasteiger partial charge in [0, 0.05) is 0 Å². The van der Waals surface area contributed by atoms with Gasteiger partial charge < -0.3 is 0 Å². The highest BCUT2D eigenvalue weighted by Gasteiger charge is 2.57. The van der Waals surface area contributed by atoms with Gasteiger partial charge in [0.25, 0.3) is 0 Å². The summed E-state index contributed by atoms with van der Waals surface area (Å²) in [5.74, 6) is 1.87. The molecule has 0 aromatic heterocycles. The highest BCUT2D eigenvalue weighted by atomic mass is 14.6. The third-order valence-corrected chi connectivity index (χ3v) is 7.71. The van der Waals surface area contributed by atoms with Crippen LogP contribution in [0.1, 0.15) is 86.0 Å². The summed E-state index contributed by atoms with van der Waals surface area (Å²) in [5.41, 5.74) is 3.41. The van der Waals surface area contributed by atoms with E-state index in [2.05, 4.69) is 40.7 Å². The molecule has 3 rings (SSSR count). The van der Waals surface area contributed by atoms with E-state index in [1.54, 1.807) is 5.57 Å². The molecule has 0 spiro atoms. The summed E-state index contributed by atoms with van der Waals surface area (Å²) >= 11 is 0. The summed E-state index contributed by atoms with van der Waals surface area (Å²) < 4.78 is 0. The lowest BCUT2D eigenvalue weighted by Gasteiger charge is -2.62. The predicted molar refractivity (Wildman–Crippen MR) is 87.7 cm³/mol. The maximum Gasteiger partial charge on any atom is -0.0256 e. The maximum atomic E-state index is 2.66. The quantitative estimate of drug-likeness (QED) is 0.450. The molecule has 2 fully saturated rings. The van der Waals surface area contributed by atoms with Gasteiger partial charge in [-0.05, 0) is 80.0 Å². The highest BCUT2D eigenvalue weighted by molar-refractivity contribution is 5.13. The minimum Gasteiger partial charge on any atom is -0.0853 e. The summed E-state index contributed by atoms with van der Waals surface area (Å²) in [6.45, 7) is 12.7. The van der Waals surface area contributed by atoms with E-state index in [-0.39, 0.29) is 0 Å². The highest BCUT2D eigenvalue weighted by Crippen LogP contribution is 2.66. The van der Waals surface area contributed by atoms with E-state index in [9.17, 15) is 0 Å². The lowest BCUT2D eigenvalue weighted by atomic mass is 9.42. The number of allylic oxidation sites excluding steroid dienone is 2. The summed E-state index contributed by atoms with van der Waals surface area (Å²) in [6, 6.07) is 0. The van der Waals surface area contributed by atoms with Crippen LogP contribution in [0.5, 0.6) is 0 Å². The fourth-order valence-electron chi connectivity index (χ4n) is 6.50.